The van der Waals surface area contributed by atoms with Crippen molar-refractivity contribution in [1.29, 1.82) is 0 Å². The van der Waals surface area contributed by atoms with Crippen LogP contribution >= 0.6 is 11.8 Å². The molecule has 8 heteroatoms. The molecule has 19 heavy (non-hydrogen) atoms. The molecule has 0 aromatic rings. The second-order valence-electron chi connectivity index (χ2n) is 4.60. The lowest BCUT2D eigenvalue weighted by molar-refractivity contribution is -0.164. The molecule has 0 spiro atoms. The van der Waals surface area contributed by atoms with E-state index >= 15 is 0 Å². The summed E-state index contributed by atoms with van der Waals surface area (Å²) in [5.74, 6) is -2.13. The average molecular weight is 299 g/mol. The lowest BCUT2D eigenvalue weighted by Gasteiger charge is -2.30. The number of amides is 1. The van der Waals surface area contributed by atoms with Gasteiger partial charge in [0.15, 0.2) is 0 Å². The smallest absolute Gasteiger partial charge is 0.406 e. The Morgan fingerprint density at radius 3 is 2.37 bits per heavy atom. The number of carboxylic acid groups (broad SMARTS) is 1. The quantitative estimate of drug-likeness (QED) is 0.781. The Balaban J connectivity index is 2.56. The largest absolute Gasteiger partial charge is 0.481 e. The summed E-state index contributed by atoms with van der Waals surface area (Å²) in [6, 6.07) is -0.445. The van der Waals surface area contributed by atoms with Gasteiger partial charge in [-0.15, -0.1) is 11.8 Å². The van der Waals surface area contributed by atoms with Gasteiger partial charge < -0.3 is 10.0 Å². The lowest BCUT2D eigenvalue weighted by Crippen LogP contribution is -2.46. The van der Waals surface area contributed by atoms with Crippen LogP contribution in [0.3, 0.4) is 0 Å². The van der Waals surface area contributed by atoms with Crippen LogP contribution in [-0.2, 0) is 9.59 Å². The summed E-state index contributed by atoms with van der Waals surface area (Å²) >= 11 is 0.815. The Morgan fingerprint density at radius 2 is 1.95 bits per heavy atom. The Bertz CT molecular complexity index is 345. The molecule has 1 N–H and O–H groups in total. The highest BCUT2D eigenvalue weighted by molar-refractivity contribution is 8.00. The number of rotatable bonds is 7. The number of halogens is 3. The van der Waals surface area contributed by atoms with Gasteiger partial charge in [-0.25, -0.2) is 0 Å². The fourth-order valence-corrected chi connectivity index (χ4v) is 2.41. The first-order valence-corrected chi connectivity index (χ1v) is 7.02. The maximum absolute atomic E-state index is 12.5. The van der Waals surface area contributed by atoms with E-state index in [1.54, 1.807) is 6.92 Å². The van der Waals surface area contributed by atoms with Gasteiger partial charge in [0.05, 0.1) is 11.5 Å². The van der Waals surface area contributed by atoms with E-state index in [1.165, 1.54) is 0 Å². The summed E-state index contributed by atoms with van der Waals surface area (Å²) in [7, 11) is 0. The standard InChI is InChI=1S/C11H16F3NO3S/c1-7(8-2-3-8)15(6-11(12,13)14)9(16)4-19-5-10(17)18/h7-8H,2-6H2,1H3,(H,17,18). The van der Waals surface area contributed by atoms with Crippen molar-refractivity contribution in [3.63, 3.8) is 0 Å². The molecule has 0 bridgehead atoms. The van der Waals surface area contributed by atoms with Crippen LogP contribution in [-0.4, -0.2) is 52.2 Å². The number of hydrogen-bond acceptors (Lipinski definition) is 3. The topological polar surface area (TPSA) is 57.6 Å². The Labute approximate surface area is 113 Å². The van der Waals surface area contributed by atoms with Crippen molar-refractivity contribution in [2.75, 3.05) is 18.1 Å². The Morgan fingerprint density at radius 1 is 1.37 bits per heavy atom. The van der Waals surface area contributed by atoms with E-state index in [0.717, 1.165) is 29.5 Å². The molecule has 0 saturated heterocycles. The van der Waals surface area contributed by atoms with Crippen molar-refractivity contribution >= 4 is 23.6 Å². The van der Waals surface area contributed by atoms with Gasteiger partial charge in [-0.05, 0) is 25.7 Å². The minimum atomic E-state index is -4.43. The fourth-order valence-electron chi connectivity index (χ4n) is 1.79. The highest BCUT2D eigenvalue weighted by Crippen LogP contribution is 2.36. The number of alkyl halides is 3. The van der Waals surface area contributed by atoms with Gasteiger partial charge in [0.2, 0.25) is 5.91 Å². The average Bonchev–Trinajstić information content (AvgIpc) is 3.06. The fraction of sp³-hybridized carbons (Fsp3) is 0.818. The van der Waals surface area contributed by atoms with Gasteiger partial charge in [0, 0.05) is 6.04 Å². The zero-order valence-electron chi connectivity index (χ0n) is 10.4. The molecule has 0 radical (unpaired) electrons. The molecule has 1 unspecified atom stereocenters. The summed E-state index contributed by atoms with van der Waals surface area (Å²) < 4.78 is 37.4. The molecule has 1 rings (SSSR count). The molecule has 1 saturated carbocycles. The Hall–Kier alpha value is -0.920. The monoisotopic (exact) mass is 299 g/mol. The van der Waals surface area contributed by atoms with Crippen LogP contribution < -0.4 is 0 Å². The van der Waals surface area contributed by atoms with E-state index in [0.29, 0.717) is 0 Å². The van der Waals surface area contributed by atoms with Crippen molar-refractivity contribution in [3.8, 4) is 0 Å². The second-order valence-corrected chi connectivity index (χ2v) is 5.59. The Kier molecular flexibility index (Phi) is 5.51. The minimum absolute atomic E-state index is 0.135. The number of carbonyl (C=O) groups is 2. The SMILES string of the molecule is CC(C1CC1)N(CC(F)(F)F)C(=O)CSCC(=O)O. The summed E-state index contributed by atoms with van der Waals surface area (Å²) in [4.78, 5) is 22.9. The van der Waals surface area contributed by atoms with E-state index in [4.69, 9.17) is 5.11 Å². The first kappa shape index (κ1) is 16.1. The third kappa shape index (κ3) is 6.17. The number of hydrogen-bond donors (Lipinski definition) is 1. The van der Waals surface area contributed by atoms with Crippen LogP contribution in [0, 0.1) is 5.92 Å². The molecular weight excluding hydrogens is 283 g/mol. The third-order valence-corrected chi connectivity index (χ3v) is 3.82. The van der Waals surface area contributed by atoms with E-state index < -0.39 is 30.6 Å². The first-order chi connectivity index (χ1) is 8.70. The highest BCUT2D eigenvalue weighted by Gasteiger charge is 2.40. The molecule has 110 valence electrons. The maximum atomic E-state index is 12.5. The van der Waals surface area contributed by atoms with Crippen LogP contribution in [0.25, 0.3) is 0 Å². The summed E-state index contributed by atoms with van der Waals surface area (Å²) in [5, 5.41) is 8.43. The van der Waals surface area contributed by atoms with Gasteiger partial charge in [0.1, 0.15) is 6.54 Å². The van der Waals surface area contributed by atoms with E-state index in [2.05, 4.69) is 0 Å². The van der Waals surface area contributed by atoms with Crippen molar-refractivity contribution in [1.82, 2.24) is 4.90 Å². The molecule has 0 aromatic heterocycles. The van der Waals surface area contributed by atoms with Crippen LogP contribution in [0.5, 0.6) is 0 Å². The van der Waals surface area contributed by atoms with Gasteiger partial charge in [-0.3, -0.25) is 9.59 Å². The molecule has 1 amide bonds. The molecule has 1 aliphatic carbocycles. The highest BCUT2D eigenvalue weighted by atomic mass is 32.2. The zero-order chi connectivity index (χ0) is 14.6. The molecule has 0 aromatic carbocycles. The van der Waals surface area contributed by atoms with E-state index in [9.17, 15) is 22.8 Å². The van der Waals surface area contributed by atoms with Crippen molar-refractivity contribution in [3.05, 3.63) is 0 Å². The van der Waals surface area contributed by atoms with Gasteiger partial charge in [-0.1, -0.05) is 0 Å². The molecule has 0 heterocycles. The van der Waals surface area contributed by atoms with E-state index in [1.807, 2.05) is 0 Å². The van der Waals surface area contributed by atoms with Crippen LogP contribution in [0.2, 0.25) is 0 Å². The predicted octanol–water partition coefficient (Wildman–Crippen LogP) is 1.99. The number of thioether (sulfide) groups is 1. The first-order valence-electron chi connectivity index (χ1n) is 5.86. The van der Waals surface area contributed by atoms with Gasteiger partial charge in [-0.2, -0.15) is 13.2 Å². The van der Waals surface area contributed by atoms with Crippen molar-refractivity contribution < 1.29 is 27.9 Å². The lowest BCUT2D eigenvalue weighted by atomic mass is 10.2. The van der Waals surface area contributed by atoms with Gasteiger partial charge >= 0.3 is 12.1 Å². The molecule has 1 atom stereocenters. The molecule has 1 aliphatic rings. The number of nitrogens with zero attached hydrogens (tertiary/aromatic N) is 1. The second kappa shape index (κ2) is 6.49. The number of carboxylic acids is 1. The summed E-state index contributed by atoms with van der Waals surface area (Å²) in [6.07, 6.45) is -2.76. The van der Waals surface area contributed by atoms with Crippen LogP contribution in [0.15, 0.2) is 0 Å². The van der Waals surface area contributed by atoms with Crippen molar-refractivity contribution in [2.45, 2.75) is 32.0 Å². The zero-order valence-corrected chi connectivity index (χ0v) is 11.3. The normalized spacial score (nSPS) is 17.1. The number of aliphatic carboxylic acids is 1. The third-order valence-electron chi connectivity index (χ3n) is 2.92. The predicted molar refractivity (Wildman–Crippen MR) is 64.9 cm³/mol. The number of carbonyl (C=O) groups excluding carboxylic acids is 1. The van der Waals surface area contributed by atoms with Gasteiger partial charge in [0.25, 0.3) is 0 Å². The molecule has 1 fully saturated rings. The summed E-state index contributed by atoms with van der Waals surface area (Å²) in [5.41, 5.74) is 0. The molecule has 0 aliphatic heterocycles. The van der Waals surface area contributed by atoms with Crippen LogP contribution in [0.1, 0.15) is 19.8 Å². The van der Waals surface area contributed by atoms with Crippen LogP contribution in [0.4, 0.5) is 13.2 Å². The summed E-state index contributed by atoms with van der Waals surface area (Å²) in [6.45, 7) is 0.348. The van der Waals surface area contributed by atoms with E-state index in [-0.39, 0.29) is 17.4 Å². The van der Waals surface area contributed by atoms with Crippen molar-refractivity contribution in [2.24, 2.45) is 5.92 Å². The molecule has 4 nitrogen and oxygen atoms in total. The maximum Gasteiger partial charge on any atom is 0.406 e. The molecular formula is C11H16F3NO3S. The minimum Gasteiger partial charge on any atom is -0.481 e.